The Morgan fingerprint density at radius 3 is 2.65 bits per heavy atom. The first-order valence-electron chi connectivity index (χ1n) is 5.88. The molecule has 0 aliphatic rings. The summed E-state index contributed by atoms with van der Waals surface area (Å²) >= 11 is 0. The minimum Gasteiger partial charge on any atom is -0.409 e. The van der Waals surface area contributed by atoms with Crippen LogP contribution in [0.25, 0.3) is 0 Å². The Bertz CT molecular complexity index is 474. The lowest BCUT2D eigenvalue weighted by Crippen LogP contribution is -2.20. The summed E-state index contributed by atoms with van der Waals surface area (Å²) in [5, 5.41) is 13.9. The van der Waals surface area contributed by atoms with Gasteiger partial charge in [-0.05, 0) is 19.0 Å². The monoisotopic (exact) mass is 293 g/mol. The molecule has 1 aromatic carbocycles. The van der Waals surface area contributed by atoms with Crippen molar-refractivity contribution in [3.63, 3.8) is 0 Å². The Labute approximate surface area is 113 Å². The van der Waals surface area contributed by atoms with E-state index in [1.807, 2.05) is 0 Å². The normalized spacial score (nSPS) is 12.7. The van der Waals surface area contributed by atoms with Gasteiger partial charge in [0.25, 0.3) is 0 Å². The molecule has 0 unspecified atom stereocenters. The van der Waals surface area contributed by atoms with E-state index < -0.39 is 18.4 Å². The van der Waals surface area contributed by atoms with Gasteiger partial charge in [-0.1, -0.05) is 17.3 Å². The molecule has 0 heterocycles. The summed E-state index contributed by atoms with van der Waals surface area (Å²) in [6.45, 7) is 0.184. The number of nitrogens with one attached hydrogen (secondary N) is 1. The molecule has 0 amide bonds. The average molecular weight is 293 g/mol. The molecule has 0 spiro atoms. The Morgan fingerprint density at radius 2 is 2.05 bits per heavy atom. The van der Waals surface area contributed by atoms with Gasteiger partial charge in [0, 0.05) is 18.5 Å². The highest BCUT2D eigenvalue weighted by Crippen LogP contribution is 2.20. The van der Waals surface area contributed by atoms with Crippen molar-refractivity contribution in [1.82, 2.24) is 5.32 Å². The van der Waals surface area contributed by atoms with E-state index in [0.29, 0.717) is 0 Å². The van der Waals surface area contributed by atoms with Gasteiger partial charge >= 0.3 is 6.18 Å². The van der Waals surface area contributed by atoms with Gasteiger partial charge in [-0.3, -0.25) is 0 Å². The van der Waals surface area contributed by atoms with Gasteiger partial charge in [-0.2, -0.15) is 13.2 Å². The summed E-state index contributed by atoms with van der Waals surface area (Å²) in [7, 11) is 0. The molecule has 0 bridgehead atoms. The van der Waals surface area contributed by atoms with E-state index in [2.05, 4.69) is 10.5 Å². The summed E-state index contributed by atoms with van der Waals surface area (Å²) < 4.78 is 49.7. The van der Waals surface area contributed by atoms with Crippen molar-refractivity contribution in [1.29, 1.82) is 0 Å². The largest absolute Gasteiger partial charge is 0.409 e. The molecule has 0 saturated carbocycles. The third kappa shape index (κ3) is 5.04. The molecule has 1 rings (SSSR count). The lowest BCUT2D eigenvalue weighted by atomic mass is 10.1. The molecule has 20 heavy (non-hydrogen) atoms. The molecule has 0 atom stereocenters. The maximum absolute atomic E-state index is 13.9. The number of oxime groups is 1. The number of nitrogens with zero attached hydrogens (tertiary/aromatic N) is 1. The van der Waals surface area contributed by atoms with Crippen LogP contribution >= 0.6 is 0 Å². The Hall–Kier alpha value is -1.83. The number of nitrogens with two attached hydrogens (primary N) is 1. The van der Waals surface area contributed by atoms with Gasteiger partial charge in [0.1, 0.15) is 5.82 Å². The van der Waals surface area contributed by atoms with Gasteiger partial charge in [-0.15, -0.1) is 0 Å². The molecule has 0 radical (unpaired) electrons. The first kappa shape index (κ1) is 16.2. The Kier molecular flexibility index (Phi) is 5.75. The minimum absolute atomic E-state index is 0.0536. The third-order valence-electron chi connectivity index (χ3n) is 2.59. The molecular formula is C12H15F4N3O. The Morgan fingerprint density at radius 1 is 1.35 bits per heavy atom. The van der Waals surface area contributed by atoms with Crippen LogP contribution in [-0.4, -0.2) is 23.8 Å². The maximum Gasteiger partial charge on any atom is 0.389 e. The molecule has 1 aromatic rings. The number of amidine groups is 1. The van der Waals surface area contributed by atoms with Gasteiger partial charge < -0.3 is 16.3 Å². The fraction of sp³-hybridized carbons (Fsp3) is 0.417. The van der Waals surface area contributed by atoms with Gasteiger partial charge in [0.15, 0.2) is 5.84 Å². The lowest BCUT2D eigenvalue weighted by molar-refractivity contribution is -0.135. The van der Waals surface area contributed by atoms with Crippen molar-refractivity contribution in [3.05, 3.63) is 35.1 Å². The van der Waals surface area contributed by atoms with Crippen LogP contribution < -0.4 is 11.1 Å². The molecule has 0 saturated heterocycles. The lowest BCUT2D eigenvalue weighted by Gasteiger charge is -2.09. The van der Waals surface area contributed by atoms with E-state index in [1.165, 1.54) is 18.2 Å². The van der Waals surface area contributed by atoms with Crippen molar-refractivity contribution < 1.29 is 22.8 Å². The van der Waals surface area contributed by atoms with Crippen molar-refractivity contribution >= 4 is 5.84 Å². The van der Waals surface area contributed by atoms with Crippen molar-refractivity contribution in [2.45, 2.75) is 25.6 Å². The van der Waals surface area contributed by atoms with Gasteiger partial charge in [0.2, 0.25) is 0 Å². The molecule has 0 aliphatic heterocycles. The zero-order valence-electron chi connectivity index (χ0n) is 10.5. The number of hydrogen-bond donors (Lipinski definition) is 3. The van der Waals surface area contributed by atoms with E-state index in [0.717, 1.165) is 0 Å². The molecule has 4 nitrogen and oxygen atoms in total. The summed E-state index contributed by atoms with van der Waals surface area (Å²) in [6, 6.07) is 4.33. The smallest absolute Gasteiger partial charge is 0.389 e. The van der Waals surface area contributed by atoms with E-state index in [4.69, 9.17) is 10.9 Å². The SMILES string of the molecule is N/C(=N/O)c1cccc(CNCCCC(F)(F)F)c1F. The summed E-state index contributed by atoms with van der Waals surface area (Å²) in [5.41, 5.74) is 5.49. The third-order valence-corrected chi connectivity index (χ3v) is 2.59. The number of rotatable bonds is 6. The second-order valence-electron chi connectivity index (χ2n) is 4.16. The quantitative estimate of drug-likeness (QED) is 0.188. The second-order valence-corrected chi connectivity index (χ2v) is 4.16. The van der Waals surface area contributed by atoms with E-state index in [1.54, 1.807) is 0 Å². The summed E-state index contributed by atoms with van der Waals surface area (Å²) in [4.78, 5) is 0. The predicted molar refractivity (Wildman–Crippen MR) is 65.9 cm³/mol. The fourth-order valence-corrected chi connectivity index (χ4v) is 1.60. The van der Waals surface area contributed by atoms with E-state index >= 15 is 0 Å². The molecule has 8 heteroatoms. The average Bonchev–Trinajstić information content (AvgIpc) is 2.38. The van der Waals surface area contributed by atoms with Crippen LogP contribution in [0.4, 0.5) is 17.6 Å². The molecule has 0 fully saturated rings. The molecule has 0 aromatic heterocycles. The topological polar surface area (TPSA) is 70.6 Å². The van der Waals surface area contributed by atoms with E-state index in [9.17, 15) is 17.6 Å². The van der Waals surface area contributed by atoms with Crippen molar-refractivity contribution in [2.24, 2.45) is 10.9 Å². The zero-order chi connectivity index (χ0) is 15.2. The molecule has 0 aliphatic carbocycles. The fourth-order valence-electron chi connectivity index (χ4n) is 1.60. The van der Waals surface area contributed by atoms with E-state index in [-0.39, 0.29) is 36.5 Å². The first-order chi connectivity index (χ1) is 9.35. The number of alkyl halides is 3. The van der Waals surface area contributed by atoms with Crippen molar-refractivity contribution in [2.75, 3.05) is 6.54 Å². The summed E-state index contributed by atoms with van der Waals surface area (Å²) in [6.07, 6.45) is -5.14. The number of benzene rings is 1. The van der Waals surface area contributed by atoms with Crippen LogP contribution in [-0.2, 0) is 6.54 Å². The van der Waals surface area contributed by atoms with Gasteiger partial charge in [-0.25, -0.2) is 4.39 Å². The van der Waals surface area contributed by atoms with Crippen LogP contribution in [0.1, 0.15) is 24.0 Å². The number of halogens is 4. The molecule has 112 valence electrons. The van der Waals surface area contributed by atoms with Crippen LogP contribution in [0.15, 0.2) is 23.4 Å². The van der Waals surface area contributed by atoms with Crippen LogP contribution in [0.5, 0.6) is 0 Å². The summed E-state index contributed by atoms with van der Waals surface area (Å²) in [5.74, 6) is -1.02. The van der Waals surface area contributed by atoms with Crippen LogP contribution in [0, 0.1) is 5.82 Å². The second kappa shape index (κ2) is 7.09. The van der Waals surface area contributed by atoms with Gasteiger partial charge in [0.05, 0.1) is 5.56 Å². The zero-order valence-corrected chi connectivity index (χ0v) is 10.5. The molecule has 4 N–H and O–H groups in total. The first-order valence-corrected chi connectivity index (χ1v) is 5.88. The van der Waals surface area contributed by atoms with Crippen molar-refractivity contribution in [3.8, 4) is 0 Å². The minimum atomic E-state index is -4.18. The Balaban J connectivity index is 2.53. The highest BCUT2D eigenvalue weighted by molar-refractivity contribution is 5.97. The molecular weight excluding hydrogens is 278 g/mol. The number of hydrogen-bond acceptors (Lipinski definition) is 3. The standard InChI is InChI=1S/C12H15F4N3O/c13-10-8(3-1-4-9(10)11(17)19-20)7-18-6-2-5-12(14,15)16/h1,3-4,18,20H,2,5-7H2,(H2,17,19). The van der Waals surface area contributed by atoms with Crippen LogP contribution in [0.3, 0.4) is 0 Å². The maximum atomic E-state index is 13.9. The predicted octanol–water partition coefficient (Wildman–Crippen LogP) is 2.35. The van der Waals surface area contributed by atoms with Crippen LogP contribution in [0.2, 0.25) is 0 Å². The highest BCUT2D eigenvalue weighted by atomic mass is 19.4. The highest BCUT2D eigenvalue weighted by Gasteiger charge is 2.25.